The first-order valence-electron chi connectivity index (χ1n) is 6.03. The van der Waals surface area contributed by atoms with Crippen LogP contribution in [0.3, 0.4) is 0 Å². The summed E-state index contributed by atoms with van der Waals surface area (Å²) in [5.41, 5.74) is 0. The molecule has 0 amide bonds. The van der Waals surface area contributed by atoms with Crippen LogP contribution in [0.1, 0.15) is 26.2 Å². The molecule has 1 aliphatic carbocycles. The molecule has 3 atom stereocenters. The molecule has 0 aromatic rings. The fourth-order valence-corrected chi connectivity index (χ4v) is 2.33. The van der Waals surface area contributed by atoms with Crippen molar-refractivity contribution in [3.05, 3.63) is 0 Å². The Morgan fingerprint density at radius 3 is 2.40 bits per heavy atom. The number of hydrogen-bond acceptors (Lipinski definition) is 3. The van der Waals surface area contributed by atoms with Crippen molar-refractivity contribution in [1.29, 1.82) is 0 Å². The Morgan fingerprint density at radius 1 is 1.13 bits per heavy atom. The summed E-state index contributed by atoms with van der Waals surface area (Å²) in [6, 6.07) is 0.369. The van der Waals surface area contributed by atoms with Crippen LogP contribution in [-0.2, 0) is 0 Å². The Labute approximate surface area is 94.1 Å². The zero-order valence-electron chi connectivity index (χ0n) is 10.6. The van der Waals surface area contributed by atoms with E-state index in [4.69, 9.17) is 0 Å². The fourth-order valence-electron chi connectivity index (χ4n) is 2.33. The first-order chi connectivity index (χ1) is 7.00. The molecule has 0 aromatic carbocycles. The number of hydrogen-bond donors (Lipinski definition) is 1. The first kappa shape index (κ1) is 12.9. The maximum Gasteiger partial charge on any atom is 0.0695 e. The highest BCUT2D eigenvalue weighted by Crippen LogP contribution is 2.26. The van der Waals surface area contributed by atoms with E-state index in [9.17, 15) is 5.11 Å². The third kappa shape index (κ3) is 4.09. The van der Waals surface area contributed by atoms with Crippen LogP contribution in [0, 0.1) is 5.92 Å². The predicted molar refractivity (Wildman–Crippen MR) is 64.0 cm³/mol. The Balaban J connectivity index is 2.38. The van der Waals surface area contributed by atoms with Gasteiger partial charge in [0.15, 0.2) is 0 Å². The standard InChI is InChI=1S/C12H26N2O/c1-10-5-6-12(15)11(9-10)14(4)8-7-13(2)3/h10-12,15H,5-9H2,1-4H3. The molecule has 90 valence electrons. The van der Waals surface area contributed by atoms with Crippen molar-refractivity contribution in [1.82, 2.24) is 9.80 Å². The van der Waals surface area contributed by atoms with Gasteiger partial charge in [0, 0.05) is 19.1 Å². The molecule has 0 spiro atoms. The van der Waals surface area contributed by atoms with Crippen molar-refractivity contribution in [2.45, 2.75) is 38.3 Å². The summed E-state index contributed by atoms with van der Waals surface area (Å²) in [4.78, 5) is 4.51. The van der Waals surface area contributed by atoms with E-state index >= 15 is 0 Å². The molecule has 0 heterocycles. The Bertz CT molecular complexity index is 184. The van der Waals surface area contributed by atoms with Gasteiger partial charge in [-0.05, 0) is 46.3 Å². The van der Waals surface area contributed by atoms with Crippen LogP contribution in [0.15, 0.2) is 0 Å². The second-order valence-electron chi connectivity index (χ2n) is 5.34. The molecule has 1 N–H and O–H groups in total. The molecular formula is C12H26N2O. The van der Waals surface area contributed by atoms with E-state index in [-0.39, 0.29) is 6.10 Å². The molecule has 15 heavy (non-hydrogen) atoms. The van der Waals surface area contributed by atoms with E-state index in [0.29, 0.717) is 6.04 Å². The van der Waals surface area contributed by atoms with E-state index in [0.717, 1.165) is 31.8 Å². The monoisotopic (exact) mass is 214 g/mol. The lowest BCUT2D eigenvalue weighted by molar-refractivity contribution is 0.0153. The van der Waals surface area contributed by atoms with E-state index in [1.807, 2.05) is 0 Å². The lowest BCUT2D eigenvalue weighted by Crippen LogP contribution is -2.47. The van der Waals surface area contributed by atoms with Crippen LogP contribution < -0.4 is 0 Å². The Morgan fingerprint density at radius 2 is 1.80 bits per heavy atom. The minimum absolute atomic E-state index is 0.117. The van der Waals surface area contributed by atoms with Gasteiger partial charge in [0.1, 0.15) is 0 Å². The first-order valence-corrected chi connectivity index (χ1v) is 6.03. The van der Waals surface area contributed by atoms with Gasteiger partial charge >= 0.3 is 0 Å². The molecule has 0 aliphatic heterocycles. The maximum absolute atomic E-state index is 9.97. The van der Waals surface area contributed by atoms with Crippen LogP contribution in [0.2, 0.25) is 0 Å². The number of rotatable bonds is 4. The predicted octanol–water partition coefficient (Wildman–Crippen LogP) is 1.03. The average molecular weight is 214 g/mol. The summed E-state index contributed by atoms with van der Waals surface area (Å²) >= 11 is 0. The van der Waals surface area contributed by atoms with E-state index in [1.165, 1.54) is 6.42 Å². The van der Waals surface area contributed by atoms with Gasteiger partial charge in [-0.15, -0.1) is 0 Å². The molecule has 1 saturated carbocycles. The molecule has 3 unspecified atom stereocenters. The minimum Gasteiger partial charge on any atom is -0.391 e. The molecule has 0 aromatic heterocycles. The molecule has 1 rings (SSSR count). The van der Waals surface area contributed by atoms with Gasteiger partial charge < -0.3 is 10.0 Å². The van der Waals surface area contributed by atoms with Gasteiger partial charge in [-0.25, -0.2) is 0 Å². The minimum atomic E-state index is -0.117. The zero-order valence-corrected chi connectivity index (χ0v) is 10.6. The molecule has 1 aliphatic rings. The van der Waals surface area contributed by atoms with Gasteiger partial charge in [-0.3, -0.25) is 4.90 Å². The number of aliphatic hydroxyl groups excluding tert-OH is 1. The number of likely N-dealkylation sites (N-methyl/N-ethyl adjacent to an activating group) is 2. The molecule has 3 heteroatoms. The van der Waals surface area contributed by atoms with Crippen molar-refractivity contribution in [2.24, 2.45) is 5.92 Å². The second-order valence-corrected chi connectivity index (χ2v) is 5.34. The van der Waals surface area contributed by atoms with Crippen molar-refractivity contribution >= 4 is 0 Å². The highest BCUT2D eigenvalue weighted by Gasteiger charge is 2.29. The Hall–Kier alpha value is -0.120. The summed E-state index contributed by atoms with van der Waals surface area (Å²) in [7, 11) is 6.32. The van der Waals surface area contributed by atoms with E-state index < -0.39 is 0 Å². The second kappa shape index (κ2) is 5.83. The summed E-state index contributed by atoms with van der Waals surface area (Å²) in [6.07, 6.45) is 3.18. The van der Waals surface area contributed by atoms with Gasteiger partial charge in [0.05, 0.1) is 6.10 Å². The normalized spacial score (nSPS) is 32.6. The summed E-state index contributed by atoms with van der Waals surface area (Å²) in [5, 5.41) is 9.97. The third-order valence-corrected chi connectivity index (χ3v) is 3.51. The number of aliphatic hydroxyl groups is 1. The zero-order chi connectivity index (χ0) is 11.4. The molecule has 1 fully saturated rings. The van der Waals surface area contributed by atoms with Gasteiger partial charge in [0.25, 0.3) is 0 Å². The lowest BCUT2D eigenvalue weighted by Gasteiger charge is -2.38. The third-order valence-electron chi connectivity index (χ3n) is 3.51. The van der Waals surface area contributed by atoms with Gasteiger partial charge in [-0.2, -0.15) is 0 Å². The average Bonchev–Trinajstić information content (AvgIpc) is 2.18. The molecule has 3 nitrogen and oxygen atoms in total. The summed E-state index contributed by atoms with van der Waals surface area (Å²) in [5.74, 6) is 0.764. The van der Waals surface area contributed by atoms with E-state index in [2.05, 4.69) is 37.9 Å². The summed E-state index contributed by atoms with van der Waals surface area (Å²) in [6.45, 7) is 4.40. The SMILES string of the molecule is CC1CCC(O)C(N(C)CCN(C)C)C1. The smallest absolute Gasteiger partial charge is 0.0695 e. The highest BCUT2D eigenvalue weighted by atomic mass is 16.3. The topological polar surface area (TPSA) is 26.7 Å². The molecule has 0 radical (unpaired) electrons. The molecule has 0 saturated heterocycles. The highest BCUT2D eigenvalue weighted by molar-refractivity contribution is 4.84. The fraction of sp³-hybridized carbons (Fsp3) is 1.00. The molecule has 0 bridgehead atoms. The van der Waals surface area contributed by atoms with E-state index in [1.54, 1.807) is 0 Å². The van der Waals surface area contributed by atoms with Crippen molar-refractivity contribution in [3.8, 4) is 0 Å². The van der Waals surface area contributed by atoms with Crippen molar-refractivity contribution < 1.29 is 5.11 Å². The molecular weight excluding hydrogens is 188 g/mol. The lowest BCUT2D eigenvalue weighted by atomic mass is 9.84. The summed E-state index contributed by atoms with van der Waals surface area (Å²) < 4.78 is 0. The van der Waals surface area contributed by atoms with Crippen molar-refractivity contribution in [3.63, 3.8) is 0 Å². The van der Waals surface area contributed by atoms with Crippen LogP contribution in [0.4, 0.5) is 0 Å². The van der Waals surface area contributed by atoms with Gasteiger partial charge in [-0.1, -0.05) is 6.92 Å². The largest absolute Gasteiger partial charge is 0.391 e. The van der Waals surface area contributed by atoms with Crippen LogP contribution in [0.25, 0.3) is 0 Å². The van der Waals surface area contributed by atoms with Crippen LogP contribution in [0.5, 0.6) is 0 Å². The Kier molecular flexibility index (Phi) is 5.03. The van der Waals surface area contributed by atoms with Crippen LogP contribution >= 0.6 is 0 Å². The number of nitrogens with zero attached hydrogens (tertiary/aromatic N) is 2. The quantitative estimate of drug-likeness (QED) is 0.757. The van der Waals surface area contributed by atoms with Crippen LogP contribution in [-0.4, -0.2) is 61.3 Å². The van der Waals surface area contributed by atoms with Gasteiger partial charge in [0.2, 0.25) is 0 Å². The van der Waals surface area contributed by atoms with Crippen molar-refractivity contribution in [2.75, 3.05) is 34.2 Å². The maximum atomic E-state index is 9.97.